The molecular formula is C21H22FNO4S. The number of hydrogen-bond acceptors (Lipinski definition) is 4. The second kappa shape index (κ2) is 6.67. The van der Waals surface area contributed by atoms with Crippen molar-refractivity contribution in [1.82, 2.24) is 4.31 Å². The van der Waals surface area contributed by atoms with Crippen molar-refractivity contribution in [3.8, 4) is 5.75 Å². The minimum absolute atomic E-state index is 0.0409. The molecule has 0 radical (unpaired) electrons. The van der Waals surface area contributed by atoms with E-state index in [-0.39, 0.29) is 30.2 Å². The predicted molar refractivity (Wildman–Crippen MR) is 103 cm³/mol. The third-order valence-electron chi connectivity index (χ3n) is 5.79. The molecule has 0 aliphatic carbocycles. The number of nitrogens with zero attached hydrogens (tertiary/aromatic N) is 1. The molecule has 0 bridgehead atoms. The number of sulfonamides is 1. The summed E-state index contributed by atoms with van der Waals surface area (Å²) in [5.74, 6) is 0.156. The van der Waals surface area contributed by atoms with Gasteiger partial charge in [0, 0.05) is 25.9 Å². The molecule has 5 nitrogen and oxygen atoms in total. The minimum Gasteiger partial charge on any atom is -0.486 e. The van der Waals surface area contributed by atoms with Gasteiger partial charge in [-0.05, 0) is 61.4 Å². The Kier molecular flexibility index (Phi) is 4.55. The number of Topliss-reactive ketones (excluding diaryl/α,β-unsaturated/α-hetero) is 1. The van der Waals surface area contributed by atoms with Crippen LogP contribution in [-0.4, -0.2) is 37.2 Å². The van der Waals surface area contributed by atoms with E-state index in [0.717, 1.165) is 23.3 Å². The molecule has 2 heterocycles. The van der Waals surface area contributed by atoms with Crippen LogP contribution in [0.15, 0.2) is 41.3 Å². The van der Waals surface area contributed by atoms with Crippen molar-refractivity contribution >= 4 is 15.8 Å². The van der Waals surface area contributed by atoms with Crippen molar-refractivity contribution in [2.45, 2.75) is 43.6 Å². The van der Waals surface area contributed by atoms with Gasteiger partial charge in [-0.1, -0.05) is 0 Å². The van der Waals surface area contributed by atoms with Gasteiger partial charge in [0.05, 0.1) is 16.9 Å². The third-order valence-corrected chi connectivity index (χ3v) is 7.70. The van der Waals surface area contributed by atoms with Crippen LogP contribution < -0.4 is 4.74 Å². The summed E-state index contributed by atoms with van der Waals surface area (Å²) >= 11 is 0. The molecule has 7 heteroatoms. The Morgan fingerprint density at radius 3 is 2.29 bits per heavy atom. The highest BCUT2D eigenvalue weighted by atomic mass is 32.2. The van der Waals surface area contributed by atoms with Crippen LogP contribution >= 0.6 is 0 Å². The molecule has 0 amide bonds. The summed E-state index contributed by atoms with van der Waals surface area (Å²) in [4.78, 5) is 12.8. The van der Waals surface area contributed by atoms with Gasteiger partial charge in [0.2, 0.25) is 10.0 Å². The number of ketones is 1. The standard InChI is InChI=1S/C21H22FNO4S/c1-14-11-18-19(24)13-21(27-20(18)12-15(14)2)7-9-23(10-8-21)28(25,26)17-5-3-16(22)4-6-17/h3-6,11-12H,7-10,13H2,1-2H3. The summed E-state index contributed by atoms with van der Waals surface area (Å²) < 4.78 is 46.4. The Balaban J connectivity index is 1.54. The van der Waals surface area contributed by atoms with Gasteiger partial charge in [-0.25, -0.2) is 12.8 Å². The number of hydrogen-bond donors (Lipinski definition) is 0. The maximum atomic E-state index is 13.1. The molecule has 2 aliphatic rings. The molecule has 2 aromatic rings. The molecule has 1 spiro atoms. The van der Waals surface area contributed by atoms with Crippen LogP contribution in [0.4, 0.5) is 4.39 Å². The first kappa shape index (κ1) is 19.1. The van der Waals surface area contributed by atoms with E-state index in [0.29, 0.717) is 24.2 Å². The lowest BCUT2D eigenvalue weighted by Crippen LogP contribution is -2.52. The van der Waals surface area contributed by atoms with E-state index in [1.807, 2.05) is 26.0 Å². The first-order valence-corrected chi connectivity index (χ1v) is 10.7. The molecule has 0 unspecified atom stereocenters. The smallest absolute Gasteiger partial charge is 0.243 e. The van der Waals surface area contributed by atoms with Crippen LogP contribution in [0.25, 0.3) is 0 Å². The number of halogens is 1. The number of aryl methyl sites for hydroxylation is 2. The van der Waals surface area contributed by atoms with Gasteiger partial charge < -0.3 is 4.74 Å². The van der Waals surface area contributed by atoms with E-state index in [1.165, 1.54) is 16.4 Å². The fraction of sp³-hybridized carbons (Fsp3) is 0.381. The van der Waals surface area contributed by atoms with Crippen LogP contribution in [0, 0.1) is 19.7 Å². The van der Waals surface area contributed by atoms with Gasteiger partial charge in [-0.2, -0.15) is 4.31 Å². The molecule has 0 N–H and O–H groups in total. The summed E-state index contributed by atoms with van der Waals surface area (Å²) in [6.07, 6.45) is 1.13. The number of carbonyl (C=O) groups is 1. The quantitative estimate of drug-likeness (QED) is 0.768. The predicted octanol–water partition coefficient (Wildman–Crippen LogP) is 3.63. The average molecular weight is 403 g/mol. The molecule has 2 aromatic carbocycles. The Hall–Kier alpha value is -2.25. The monoisotopic (exact) mass is 403 g/mol. The van der Waals surface area contributed by atoms with Crippen molar-refractivity contribution < 1.29 is 22.3 Å². The molecule has 4 rings (SSSR count). The second-order valence-corrected chi connectivity index (χ2v) is 9.61. The van der Waals surface area contributed by atoms with E-state index in [9.17, 15) is 17.6 Å². The Morgan fingerprint density at radius 1 is 1.04 bits per heavy atom. The Morgan fingerprint density at radius 2 is 1.64 bits per heavy atom. The highest BCUT2D eigenvalue weighted by Gasteiger charge is 2.45. The van der Waals surface area contributed by atoms with E-state index < -0.39 is 21.4 Å². The molecular weight excluding hydrogens is 381 g/mol. The van der Waals surface area contributed by atoms with Crippen molar-refractivity contribution in [3.05, 3.63) is 58.9 Å². The highest BCUT2D eigenvalue weighted by Crippen LogP contribution is 2.41. The molecule has 0 saturated carbocycles. The zero-order chi connectivity index (χ0) is 20.1. The Bertz CT molecular complexity index is 1040. The zero-order valence-corrected chi connectivity index (χ0v) is 16.7. The first-order valence-electron chi connectivity index (χ1n) is 9.29. The van der Waals surface area contributed by atoms with Crippen molar-refractivity contribution in [3.63, 3.8) is 0 Å². The highest BCUT2D eigenvalue weighted by molar-refractivity contribution is 7.89. The normalized spacial score (nSPS) is 19.3. The first-order chi connectivity index (χ1) is 13.2. The summed E-state index contributed by atoms with van der Waals surface area (Å²) in [5.41, 5.74) is 2.04. The lowest BCUT2D eigenvalue weighted by Gasteiger charge is -2.43. The van der Waals surface area contributed by atoms with Gasteiger partial charge in [-0.3, -0.25) is 4.79 Å². The maximum Gasteiger partial charge on any atom is 0.243 e. The van der Waals surface area contributed by atoms with E-state index in [4.69, 9.17) is 4.74 Å². The van der Waals surface area contributed by atoms with Crippen LogP contribution in [0.3, 0.4) is 0 Å². The fourth-order valence-electron chi connectivity index (χ4n) is 3.92. The van der Waals surface area contributed by atoms with E-state index in [1.54, 1.807) is 0 Å². The molecule has 0 aromatic heterocycles. The molecule has 1 saturated heterocycles. The van der Waals surface area contributed by atoms with Crippen LogP contribution in [0.5, 0.6) is 5.75 Å². The lowest BCUT2D eigenvalue weighted by molar-refractivity contribution is 0.00585. The minimum atomic E-state index is -3.69. The largest absolute Gasteiger partial charge is 0.486 e. The Labute approximate surface area is 164 Å². The third kappa shape index (κ3) is 3.22. The number of rotatable bonds is 2. The molecule has 2 aliphatic heterocycles. The van der Waals surface area contributed by atoms with Crippen molar-refractivity contribution in [2.75, 3.05) is 13.1 Å². The van der Waals surface area contributed by atoms with Gasteiger partial charge in [0.25, 0.3) is 0 Å². The number of fused-ring (bicyclic) bond motifs is 1. The van der Waals surface area contributed by atoms with Crippen LogP contribution in [-0.2, 0) is 10.0 Å². The van der Waals surface area contributed by atoms with Crippen molar-refractivity contribution in [2.24, 2.45) is 0 Å². The van der Waals surface area contributed by atoms with Crippen LogP contribution in [0.2, 0.25) is 0 Å². The summed E-state index contributed by atoms with van der Waals surface area (Å²) in [6.45, 7) is 4.45. The van der Waals surface area contributed by atoms with Crippen LogP contribution in [0.1, 0.15) is 40.7 Å². The van der Waals surface area contributed by atoms with E-state index >= 15 is 0 Å². The maximum absolute atomic E-state index is 13.1. The molecule has 1 fully saturated rings. The SMILES string of the molecule is Cc1cc2c(cc1C)C(=O)CC1(CCN(S(=O)(=O)c3ccc(F)cc3)CC1)O2. The summed E-state index contributed by atoms with van der Waals surface area (Å²) in [6, 6.07) is 8.60. The number of ether oxygens (including phenoxy) is 1. The summed E-state index contributed by atoms with van der Waals surface area (Å²) in [5, 5.41) is 0. The fourth-order valence-corrected chi connectivity index (χ4v) is 5.36. The van der Waals surface area contributed by atoms with Gasteiger partial charge in [0.1, 0.15) is 17.2 Å². The molecule has 148 valence electrons. The number of benzene rings is 2. The topological polar surface area (TPSA) is 63.7 Å². The van der Waals surface area contributed by atoms with Gasteiger partial charge in [-0.15, -0.1) is 0 Å². The number of piperidine rings is 1. The second-order valence-electron chi connectivity index (χ2n) is 7.68. The lowest BCUT2D eigenvalue weighted by atomic mass is 9.82. The van der Waals surface area contributed by atoms with Crippen molar-refractivity contribution in [1.29, 1.82) is 0 Å². The average Bonchev–Trinajstić information content (AvgIpc) is 2.64. The van der Waals surface area contributed by atoms with E-state index in [2.05, 4.69) is 0 Å². The summed E-state index contributed by atoms with van der Waals surface area (Å²) in [7, 11) is -3.69. The van der Waals surface area contributed by atoms with Gasteiger partial charge >= 0.3 is 0 Å². The molecule has 0 atom stereocenters. The molecule has 28 heavy (non-hydrogen) atoms. The zero-order valence-electron chi connectivity index (χ0n) is 15.9. The number of carbonyl (C=O) groups excluding carboxylic acids is 1. The van der Waals surface area contributed by atoms with Gasteiger partial charge in [0.15, 0.2) is 5.78 Å².